The van der Waals surface area contributed by atoms with Crippen LogP contribution in [0.5, 0.6) is 0 Å². The van der Waals surface area contributed by atoms with Crippen molar-refractivity contribution < 1.29 is 9.59 Å². The van der Waals surface area contributed by atoms with E-state index in [-0.39, 0.29) is 16.3 Å². The number of para-hydroxylation sites is 1. The zero-order valence-corrected chi connectivity index (χ0v) is 14.1. The Bertz CT molecular complexity index is 507. The van der Waals surface area contributed by atoms with Crippen LogP contribution in [-0.4, -0.2) is 47.9 Å². The highest BCUT2D eigenvalue weighted by molar-refractivity contribution is 8.14. The lowest BCUT2D eigenvalue weighted by molar-refractivity contribution is -0.127. The highest BCUT2D eigenvalue weighted by Gasteiger charge is 2.30. The minimum atomic E-state index is 0.101. The number of hydrogen-bond donors (Lipinski definition) is 0. The number of anilines is 1. The zero-order chi connectivity index (χ0) is 15.9. The summed E-state index contributed by atoms with van der Waals surface area (Å²) in [7, 11) is 2.09. The molecule has 1 fully saturated rings. The van der Waals surface area contributed by atoms with E-state index in [2.05, 4.69) is 24.1 Å². The number of amides is 1. The van der Waals surface area contributed by atoms with E-state index >= 15 is 0 Å². The molecule has 0 radical (unpaired) electrons. The van der Waals surface area contributed by atoms with E-state index < -0.39 is 0 Å². The molecule has 0 bridgehead atoms. The lowest BCUT2D eigenvalue weighted by atomic mass is 10.2. The number of likely N-dealkylation sites (tertiary alicyclic amines) is 1. The molecule has 1 aliphatic rings. The van der Waals surface area contributed by atoms with Crippen molar-refractivity contribution >= 4 is 28.5 Å². The van der Waals surface area contributed by atoms with Crippen LogP contribution in [0.3, 0.4) is 0 Å². The van der Waals surface area contributed by atoms with E-state index in [0.717, 1.165) is 32.5 Å². The number of unbranched alkanes of at least 4 members (excludes halogenated alkanes) is 1. The van der Waals surface area contributed by atoms with Crippen LogP contribution in [0.2, 0.25) is 0 Å². The molecular formula is C17H24N2O2S. The Kier molecular flexibility index (Phi) is 6.31. The molecule has 1 amide bonds. The monoisotopic (exact) mass is 320 g/mol. The first kappa shape index (κ1) is 16.9. The molecule has 1 atom stereocenters. The van der Waals surface area contributed by atoms with Gasteiger partial charge in [0, 0.05) is 51.0 Å². The Labute approximate surface area is 136 Å². The zero-order valence-electron chi connectivity index (χ0n) is 13.3. The second-order valence-corrected chi connectivity index (χ2v) is 7.22. The molecule has 1 saturated heterocycles. The van der Waals surface area contributed by atoms with E-state index in [1.54, 1.807) is 6.92 Å². The third kappa shape index (κ3) is 5.05. The second kappa shape index (κ2) is 8.22. The Hall–Kier alpha value is -1.49. The Morgan fingerprint density at radius 2 is 2.05 bits per heavy atom. The molecule has 5 heteroatoms. The lowest BCUT2D eigenvalue weighted by Gasteiger charge is -2.20. The van der Waals surface area contributed by atoms with Gasteiger partial charge in [-0.1, -0.05) is 30.0 Å². The molecule has 2 rings (SSSR count). The van der Waals surface area contributed by atoms with Gasteiger partial charge in [0.2, 0.25) is 5.91 Å². The van der Waals surface area contributed by atoms with Gasteiger partial charge in [0.1, 0.15) is 0 Å². The van der Waals surface area contributed by atoms with Gasteiger partial charge in [-0.2, -0.15) is 0 Å². The van der Waals surface area contributed by atoms with Crippen LogP contribution in [0, 0.1) is 0 Å². The summed E-state index contributed by atoms with van der Waals surface area (Å²) in [5, 5.41) is 0.251. The van der Waals surface area contributed by atoms with E-state index in [4.69, 9.17) is 0 Å². The van der Waals surface area contributed by atoms with Crippen LogP contribution >= 0.6 is 11.8 Å². The van der Waals surface area contributed by atoms with Gasteiger partial charge in [0.05, 0.1) is 0 Å². The number of carbonyl (C=O) groups excluding carboxylic acids is 2. The summed E-state index contributed by atoms with van der Waals surface area (Å²) in [6.45, 7) is 4.07. The third-order valence-corrected chi connectivity index (χ3v) is 4.86. The Balaban J connectivity index is 1.66. The number of carbonyl (C=O) groups is 2. The third-order valence-electron chi connectivity index (χ3n) is 3.88. The van der Waals surface area contributed by atoms with Gasteiger partial charge in [-0.15, -0.1) is 0 Å². The van der Waals surface area contributed by atoms with E-state index in [9.17, 15) is 9.59 Å². The van der Waals surface area contributed by atoms with E-state index in [0.29, 0.717) is 6.42 Å². The number of nitrogens with zero attached hydrogens (tertiary/aromatic N) is 2. The smallest absolute Gasteiger partial charge is 0.223 e. The van der Waals surface area contributed by atoms with Crippen molar-refractivity contribution in [3.8, 4) is 0 Å². The van der Waals surface area contributed by atoms with Crippen molar-refractivity contribution in [1.29, 1.82) is 0 Å². The summed E-state index contributed by atoms with van der Waals surface area (Å²) in [6.07, 6.45) is 2.56. The fourth-order valence-corrected chi connectivity index (χ4v) is 3.68. The minimum absolute atomic E-state index is 0.101. The summed E-state index contributed by atoms with van der Waals surface area (Å²) in [5.74, 6) is 0.190. The molecule has 1 aliphatic heterocycles. The van der Waals surface area contributed by atoms with Crippen molar-refractivity contribution in [1.82, 2.24) is 4.90 Å². The summed E-state index contributed by atoms with van der Waals surface area (Å²) in [5.41, 5.74) is 1.22. The molecule has 4 nitrogen and oxygen atoms in total. The van der Waals surface area contributed by atoms with Crippen LogP contribution < -0.4 is 4.90 Å². The minimum Gasteiger partial charge on any atom is -0.375 e. The standard InChI is InChI=1S/C17H24N2O2S/c1-14(20)22-16-12-17(21)19(13-16)11-7-6-10-18(2)15-8-4-3-5-9-15/h3-5,8-9,16H,6-7,10-13H2,1-2H3. The molecule has 1 heterocycles. The van der Waals surface area contributed by atoms with Crippen LogP contribution in [-0.2, 0) is 9.59 Å². The molecule has 0 spiro atoms. The molecule has 0 N–H and O–H groups in total. The highest BCUT2D eigenvalue weighted by Crippen LogP contribution is 2.24. The predicted octanol–water partition coefficient (Wildman–Crippen LogP) is 2.78. The first-order valence-electron chi connectivity index (χ1n) is 7.77. The molecule has 1 unspecified atom stereocenters. The SMILES string of the molecule is CC(=O)SC1CC(=O)N(CCCCN(C)c2ccccc2)C1. The molecule has 0 saturated carbocycles. The molecular weight excluding hydrogens is 296 g/mol. The van der Waals surface area contributed by atoms with Crippen LogP contribution in [0.25, 0.3) is 0 Å². The fraction of sp³-hybridized carbons (Fsp3) is 0.529. The van der Waals surface area contributed by atoms with Gasteiger partial charge in [-0.25, -0.2) is 0 Å². The van der Waals surface area contributed by atoms with Crippen LogP contribution in [0.1, 0.15) is 26.2 Å². The largest absolute Gasteiger partial charge is 0.375 e. The highest BCUT2D eigenvalue weighted by atomic mass is 32.2. The molecule has 1 aromatic rings. The van der Waals surface area contributed by atoms with Gasteiger partial charge < -0.3 is 9.80 Å². The maximum absolute atomic E-state index is 11.9. The second-order valence-electron chi connectivity index (χ2n) is 5.74. The van der Waals surface area contributed by atoms with Gasteiger partial charge in [-0.05, 0) is 25.0 Å². The van der Waals surface area contributed by atoms with Gasteiger partial charge >= 0.3 is 0 Å². The molecule has 0 aromatic heterocycles. The summed E-state index contributed by atoms with van der Waals surface area (Å²) < 4.78 is 0. The molecule has 120 valence electrons. The number of benzene rings is 1. The van der Waals surface area contributed by atoms with Crippen LogP contribution in [0.4, 0.5) is 5.69 Å². The summed E-state index contributed by atoms with van der Waals surface area (Å²) in [6, 6.07) is 10.3. The molecule has 0 aliphatic carbocycles. The lowest BCUT2D eigenvalue weighted by Crippen LogP contribution is -2.27. The summed E-state index contributed by atoms with van der Waals surface area (Å²) in [4.78, 5) is 27.2. The average Bonchev–Trinajstić information content (AvgIpc) is 2.83. The van der Waals surface area contributed by atoms with Crippen molar-refractivity contribution in [2.24, 2.45) is 0 Å². The van der Waals surface area contributed by atoms with Crippen LogP contribution in [0.15, 0.2) is 30.3 Å². The van der Waals surface area contributed by atoms with Crippen molar-refractivity contribution in [2.45, 2.75) is 31.4 Å². The van der Waals surface area contributed by atoms with Gasteiger partial charge in [0.15, 0.2) is 5.12 Å². The quantitative estimate of drug-likeness (QED) is 0.724. The van der Waals surface area contributed by atoms with Gasteiger partial charge in [0.25, 0.3) is 0 Å². The first-order chi connectivity index (χ1) is 10.6. The van der Waals surface area contributed by atoms with Crippen molar-refractivity contribution in [3.63, 3.8) is 0 Å². The predicted molar refractivity (Wildman–Crippen MR) is 92.2 cm³/mol. The Morgan fingerprint density at radius 1 is 1.32 bits per heavy atom. The maximum Gasteiger partial charge on any atom is 0.223 e. The van der Waals surface area contributed by atoms with E-state index in [1.165, 1.54) is 17.4 Å². The fourth-order valence-electron chi connectivity index (χ4n) is 2.73. The number of rotatable bonds is 7. The maximum atomic E-state index is 11.9. The van der Waals surface area contributed by atoms with Crippen molar-refractivity contribution in [2.75, 3.05) is 31.6 Å². The van der Waals surface area contributed by atoms with E-state index in [1.807, 2.05) is 23.1 Å². The Morgan fingerprint density at radius 3 is 2.73 bits per heavy atom. The molecule has 1 aromatic carbocycles. The summed E-state index contributed by atoms with van der Waals surface area (Å²) >= 11 is 1.30. The van der Waals surface area contributed by atoms with Crippen molar-refractivity contribution in [3.05, 3.63) is 30.3 Å². The van der Waals surface area contributed by atoms with Gasteiger partial charge in [-0.3, -0.25) is 9.59 Å². The average molecular weight is 320 g/mol. The topological polar surface area (TPSA) is 40.6 Å². The molecule has 22 heavy (non-hydrogen) atoms. The number of thioether (sulfide) groups is 1. The first-order valence-corrected chi connectivity index (χ1v) is 8.65. The number of hydrogen-bond acceptors (Lipinski definition) is 4. The normalized spacial score (nSPS) is 17.8.